The molecule has 20 heavy (non-hydrogen) atoms. The summed E-state index contributed by atoms with van der Waals surface area (Å²) in [5, 5.41) is 19.4. The normalized spacial score (nSPS) is 10.0. The maximum atomic E-state index is 13.6. The van der Waals surface area contributed by atoms with Gasteiger partial charge in [-0.1, -0.05) is 0 Å². The van der Waals surface area contributed by atoms with Gasteiger partial charge in [-0.25, -0.2) is 4.39 Å². The molecule has 0 fully saturated rings. The second-order valence-electron chi connectivity index (χ2n) is 4.00. The van der Waals surface area contributed by atoms with E-state index in [0.29, 0.717) is 0 Å². The van der Waals surface area contributed by atoms with E-state index >= 15 is 0 Å². The Morgan fingerprint density at radius 1 is 1.40 bits per heavy atom. The van der Waals surface area contributed by atoms with Crippen molar-refractivity contribution in [2.24, 2.45) is 0 Å². The zero-order valence-electron chi connectivity index (χ0n) is 10.1. The smallest absolute Gasteiger partial charge is 0.305 e. The van der Waals surface area contributed by atoms with E-state index in [9.17, 15) is 19.3 Å². The van der Waals surface area contributed by atoms with E-state index in [1.165, 1.54) is 24.4 Å². The molecule has 1 aromatic carbocycles. The maximum absolute atomic E-state index is 13.6. The number of rotatable bonds is 3. The second-order valence-corrected chi connectivity index (χ2v) is 4.00. The van der Waals surface area contributed by atoms with Gasteiger partial charge >= 0.3 is 11.2 Å². The average Bonchev–Trinajstić information content (AvgIpc) is 2.43. The molecule has 7 heteroatoms. The van der Waals surface area contributed by atoms with Crippen LogP contribution in [0, 0.1) is 27.3 Å². The molecule has 0 aliphatic carbocycles. The van der Waals surface area contributed by atoms with Crippen LogP contribution in [0.4, 0.5) is 10.1 Å². The Kier molecular flexibility index (Phi) is 3.57. The first-order valence-electron chi connectivity index (χ1n) is 5.55. The minimum Gasteiger partial charge on any atom is -0.305 e. The minimum atomic E-state index is -0.820. The molecule has 0 N–H and O–H groups in total. The lowest BCUT2D eigenvalue weighted by Gasteiger charge is -2.06. The van der Waals surface area contributed by atoms with Crippen LogP contribution in [0.25, 0.3) is 0 Å². The van der Waals surface area contributed by atoms with Gasteiger partial charge in [0.25, 0.3) is 0 Å². The molecule has 2 aromatic rings. The number of benzene rings is 1. The van der Waals surface area contributed by atoms with Crippen molar-refractivity contribution in [2.75, 3.05) is 0 Å². The molecule has 0 amide bonds. The number of aromatic nitrogens is 1. The first kappa shape index (κ1) is 13.4. The summed E-state index contributed by atoms with van der Waals surface area (Å²) in [6.45, 7) is -0.179. The molecule has 100 valence electrons. The predicted octanol–water partition coefficient (Wildman–Crippen LogP) is 1.82. The van der Waals surface area contributed by atoms with Crippen molar-refractivity contribution < 1.29 is 9.31 Å². The van der Waals surface area contributed by atoms with Crippen LogP contribution in [0.5, 0.6) is 0 Å². The standard InChI is InChI=1S/C13H8FN3O3/c14-11-4-3-9(7-15)6-10(11)8-16-5-1-2-12(13(16)18)17(19)20/h1-6H,8H2. The molecule has 0 saturated heterocycles. The molecule has 0 atom stereocenters. The van der Waals surface area contributed by atoms with Crippen LogP contribution in [-0.4, -0.2) is 9.49 Å². The fourth-order valence-electron chi connectivity index (χ4n) is 1.74. The summed E-state index contributed by atoms with van der Waals surface area (Å²) >= 11 is 0. The topological polar surface area (TPSA) is 88.9 Å². The van der Waals surface area contributed by atoms with Crippen molar-refractivity contribution >= 4 is 5.69 Å². The number of halogens is 1. The number of hydrogen-bond acceptors (Lipinski definition) is 4. The van der Waals surface area contributed by atoms with Crippen LogP contribution in [0.3, 0.4) is 0 Å². The Hall–Kier alpha value is -3.01. The third kappa shape index (κ3) is 2.54. The molecule has 1 aromatic heterocycles. The first-order valence-corrected chi connectivity index (χ1v) is 5.55. The Labute approximate surface area is 112 Å². The van der Waals surface area contributed by atoms with E-state index in [-0.39, 0.29) is 17.7 Å². The third-order valence-corrected chi connectivity index (χ3v) is 2.71. The van der Waals surface area contributed by atoms with E-state index in [0.717, 1.165) is 16.7 Å². The highest BCUT2D eigenvalue weighted by molar-refractivity contribution is 5.34. The molecule has 0 saturated carbocycles. The average molecular weight is 273 g/mol. The fourth-order valence-corrected chi connectivity index (χ4v) is 1.74. The van der Waals surface area contributed by atoms with Gasteiger partial charge in [0, 0.05) is 17.8 Å². The van der Waals surface area contributed by atoms with Crippen LogP contribution >= 0.6 is 0 Å². The van der Waals surface area contributed by atoms with Crippen molar-refractivity contribution in [1.82, 2.24) is 4.57 Å². The van der Waals surface area contributed by atoms with E-state index < -0.39 is 22.0 Å². The van der Waals surface area contributed by atoms with E-state index in [2.05, 4.69) is 0 Å². The lowest BCUT2D eigenvalue weighted by molar-refractivity contribution is -0.386. The van der Waals surface area contributed by atoms with Gasteiger partial charge in [0.2, 0.25) is 0 Å². The van der Waals surface area contributed by atoms with Gasteiger partial charge in [0.05, 0.1) is 23.1 Å². The lowest BCUT2D eigenvalue weighted by Crippen LogP contribution is -2.22. The van der Waals surface area contributed by atoms with Gasteiger partial charge in [0.1, 0.15) is 5.82 Å². The van der Waals surface area contributed by atoms with Gasteiger partial charge in [-0.3, -0.25) is 14.9 Å². The molecule has 6 nitrogen and oxygen atoms in total. The van der Waals surface area contributed by atoms with Crippen molar-refractivity contribution in [1.29, 1.82) is 5.26 Å². The van der Waals surface area contributed by atoms with E-state index in [1.54, 1.807) is 0 Å². The van der Waals surface area contributed by atoms with Crippen LogP contribution in [0.1, 0.15) is 11.1 Å². The van der Waals surface area contributed by atoms with Crippen molar-refractivity contribution in [3.63, 3.8) is 0 Å². The summed E-state index contributed by atoms with van der Waals surface area (Å²) in [7, 11) is 0. The van der Waals surface area contributed by atoms with Crippen molar-refractivity contribution in [3.8, 4) is 6.07 Å². The number of nitriles is 1. The summed E-state index contributed by atoms with van der Waals surface area (Å²) in [5.41, 5.74) is -1.03. The summed E-state index contributed by atoms with van der Waals surface area (Å²) in [6.07, 6.45) is 1.33. The van der Waals surface area contributed by atoms with Crippen molar-refractivity contribution in [2.45, 2.75) is 6.54 Å². The predicted molar refractivity (Wildman–Crippen MR) is 67.6 cm³/mol. The van der Waals surface area contributed by atoms with Crippen LogP contribution < -0.4 is 5.56 Å². The van der Waals surface area contributed by atoms with E-state index in [4.69, 9.17) is 5.26 Å². The number of pyridine rings is 1. The zero-order chi connectivity index (χ0) is 14.7. The molecule has 0 bridgehead atoms. The third-order valence-electron chi connectivity index (χ3n) is 2.71. The largest absolute Gasteiger partial charge is 0.334 e. The van der Waals surface area contributed by atoms with Crippen LogP contribution in [-0.2, 0) is 6.54 Å². The molecule has 0 radical (unpaired) electrons. The monoisotopic (exact) mass is 273 g/mol. The Morgan fingerprint density at radius 2 is 2.15 bits per heavy atom. The second kappa shape index (κ2) is 5.32. The molecule has 0 aliphatic heterocycles. The van der Waals surface area contributed by atoms with Gasteiger partial charge < -0.3 is 4.57 Å². The highest BCUT2D eigenvalue weighted by Crippen LogP contribution is 2.12. The summed E-state index contributed by atoms with van der Waals surface area (Å²) in [5.74, 6) is -0.581. The highest BCUT2D eigenvalue weighted by Gasteiger charge is 2.14. The number of nitrogens with zero attached hydrogens (tertiary/aromatic N) is 3. The number of nitro groups is 1. The minimum absolute atomic E-state index is 0.117. The van der Waals surface area contributed by atoms with Gasteiger partial charge in [-0.05, 0) is 24.3 Å². The van der Waals surface area contributed by atoms with Gasteiger partial charge in [-0.2, -0.15) is 5.26 Å². The van der Waals surface area contributed by atoms with Crippen LogP contribution in [0.2, 0.25) is 0 Å². The molecule has 0 aliphatic rings. The first-order chi connectivity index (χ1) is 9.52. The number of hydrogen-bond donors (Lipinski definition) is 0. The summed E-state index contributed by atoms with van der Waals surface area (Å²) in [4.78, 5) is 21.7. The highest BCUT2D eigenvalue weighted by atomic mass is 19.1. The molecule has 0 spiro atoms. The van der Waals surface area contributed by atoms with Gasteiger partial charge in [0.15, 0.2) is 0 Å². The Bertz CT molecular complexity index is 777. The SMILES string of the molecule is N#Cc1ccc(F)c(Cn2cccc([N+](=O)[O-])c2=O)c1. The van der Waals surface area contributed by atoms with Crippen molar-refractivity contribution in [3.05, 3.63) is 73.9 Å². The summed E-state index contributed by atoms with van der Waals surface area (Å²) < 4.78 is 14.6. The molecule has 0 unspecified atom stereocenters. The lowest BCUT2D eigenvalue weighted by atomic mass is 10.1. The fraction of sp³-hybridized carbons (Fsp3) is 0.0769. The Morgan fingerprint density at radius 3 is 2.80 bits per heavy atom. The quantitative estimate of drug-likeness (QED) is 0.630. The molecular formula is C13H8FN3O3. The Balaban J connectivity index is 2.46. The van der Waals surface area contributed by atoms with E-state index in [1.807, 2.05) is 6.07 Å². The zero-order valence-corrected chi connectivity index (χ0v) is 10.1. The molecule has 1 heterocycles. The van der Waals surface area contributed by atoms with Crippen LogP contribution in [0.15, 0.2) is 41.3 Å². The molecular weight excluding hydrogens is 265 g/mol. The molecule has 2 rings (SSSR count). The van der Waals surface area contributed by atoms with Gasteiger partial charge in [-0.15, -0.1) is 0 Å². The maximum Gasteiger partial charge on any atom is 0.334 e. The summed E-state index contributed by atoms with van der Waals surface area (Å²) in [6, 6.07) is 8.03.